The molecule has 0 N–H and O–H groups in total. The molecule has 0 saturated heterocycles. The summed E-state index contributed by atoms with van der Waals surface area (Å²) < 4.78 is 0. The van der Waals surface area contributed by atoms with Gasteiger partial charge in [0, 0.05) is 0 Å². The van der Waals surface area contributed by atoms with Crippen LogP contribution in [0.5, 0.6) is 0 Å². The van der Waals surface area contributed by atoms with Crippen LogP contribution in [0.4, 0.5) is 0 Å². The van der Waals surface area contributed by atoms with Gasteiger partial charge in [0.25, 0.3) is 0 Å². The van der Waals surface area contributed by atoms with Gasteiger partial charge in [0.1, 0.15) is 0 Å². The number of benzene rings is 1. The van der Waals surface area contributed by atoms with Crippen molar-refractivity contribution in [3.8, 4) is 0 Å². The van der Waals surface area contributed by atoms with E-state index < -0.39 is 0 Å². The Balaban J connectivity index is 0.978. The average molecular weight is 980 g/mol. The molecule has 12 aliphatic rings. The molecular weight excluding hydrogens is 865 g/mol. The Hall–Kier alpha value is -0.780. The van der Waals surface area contributed by atoms with E-state index in [1.54, 1.807) is 42.4 Å². The van der Waals surface area contributed by atoms with E-state index in [4.69, 9.17) is 0 Å². The van der Waals surface area contributed by atoms with Crippen LogP contribution in [0.15, 0.2) is 0 Å². The van der Waals surface area contributed by atoms with E-state index >= 15 is 0 Å². The quantitative estimate of drug-likeness (QED) is 0.243. The van der Waals surface area contributed by atoms with E-state index in [1.165, 1.54) is 12.8 Å². The Labute approximate surface area is 445 Å². The normalized spacial score (nSPS) is 62.9. The molecule has 10 saturated carbocycles. The second-order valence-corrected chi connectivity index (χ2v) is 33.0. The molecule has 0 spiro atoms. The van der Waals surface area contributed by atoms with Crippen molar-refractivity contribution in [1.82, 2.24) is 0 Å². The second-order valence-electron chi connectivity index (χ2n) is 33.0. The van der Waals surface area contributed by atoms with Crippen LogP contribution >= 0.6 is 0 Å². The predicted octanol–water partition coefficient (Wildman–Crippen LogP) is 18.3. The lowest BCUT2D eigenvalue weighted by Crippen LogP contribution is -2.67. The molecule has 0 aliphatic heterocycles. The molecule has 1 aromatic carbocycles. The summed E-state index contributed by atoms with van der Waals surface area (Å²) in [6, 6.07) is 0. The molecule has 0 nitrogen and oxygen atoms in total. The van der Waals surface area contributed by atoms with Crippen LogP contribution < -0.4 is 0 Å². The number of rotatable bonds is 0. The minimum Gasteiger partial charge on any atom is -0.0620 e. The molecule has 38 unspecified atom stereocenters. The van der Waals surface area contributed by atoms with Crippen molar-refractivity contribution in [3.63, 3.8) is 0 Å². The summed E-state index contributed by atoms with van der Waals surface area (Å²) in [5, 5.41) is 0. The van der Waals surface area contributed by atoms with Crippen LogP contribution in [0.25, 0.3) is 0 Å². The summed E-state index contributed by atoms with van der Waals surface area (Å²) in [6.45, 7) is 58.3. The van der Waals surface area contributed by atoms with E-state index in [0.717, 1.165) is 231 Å². The molecule has 10 fully saturated rings. The lowest BCUT2D eigenvalue weighted by Gasteiger charge is -2.72. The maximum Gasteiger partial charge on any atom is -0.00886 e. The van der Waals surface area contributed by atoms with E-state index in [0.29, 0.717) is 0 Å². The Morgan fingerprint density at radius 1 is 0.208 bits per heavy atom. The molecule has 1 aromatic rings. The summed E-state index contributed by atoms with van der Waals surface area (Å²) in [5.41, 5.74) is 11.0. The fourth-order valence-corrected chi connectivity index (χ4v) is 28.2. The second kappa shape index (κ2) is 17.1. The van der Waals surface area contributed by atoms with E-state index in [9.17, 15) is 0 Å². The fraction of sp³-hybridized carbons (Fsp3) is 0.917. The van der Waals surface area contributed by atoms with Gasteiger partial charge in [-0.25, -0.2) is 0 Å². The van der Waals surface area contributed by atoms with Crippen molar-refractivity contribution in [2.75, 3.05) is 0 Å². The molecule has 0 amide bonds. The number of fused-ring (bicyclic) bond motifs is 12. The third-order valence-electron chi connectivity index (χ3n) is 33.2. The highest BCUT2D eigenvalue weighted by Gasteiger charge is 2.71. The molecule has 38 atom stereocenters. The molecule has 0 aromatic heterocycles. The van der Waals surface area contributed by atoms with Gasteiger partial charge in [-0.2, -0.15) is 0 Å². The number of hydrogen-bond acceptors (Lipinski definition) is 0. The monoisotopic (exact) mass is 979 g/mol. The zero-order valence-corrected chi connectivity index (χ0v) is 50.8. The Morgan fingerprint density at radius 3 is 0.778 bits per heavy atom. The van der Waals surface area contributed by atoms with E-state index in [2.05, 4.69) is 145 Å². The third kappa shape index (κ3) is 6.24. The molecular formula is C72H114. The molecule has 12 aliphatic carbocycles. The topological polar surface area (TPSA) is 0 Å². The molecule has 0 heteroatoms. The lowest BCUT2D eigenvalue weighted by atomic mass is 9.32. The van der Waals surface area contributed by atoms with Crippen LogP contribution in [-0.2, 0) is 12.8 Å². The van der Waals surface area contributed by atoms with E-state index in [-0.39, 0.29) is 0 Å². The standard InChI is InChI=1S/C72H114/c1-28-30(3)43(16)61-49(35(28)8)22-51-37(10)32(5)39(12)53-24-57-45(18)59-26-55-41(14)34(7)42(15)56-27-60-46(19)58-25-54-40(13)33(6)38(11)52-23-50-36(9)29(2)31(4)44(17)62(50)71(68(52)54)64(58)48(21)66(60)72(69(55)56)65(59)47(20)63(57)70(61)67(51)53/h28-33,35-40,43-54,57-68,70-72H,22-27H2,1-21H3. The first-order valence-corrected chi connectivity index (χ1v) is 33.1. The highest BCUT2D eigenvalue weighted by Crippen LogP contribution is 2.76. The largest absolute Gasteiger partial charge is 0.0620 e. The SMILES string of the molecule is Cc1c(C)c2c3c(c1C)CC1C(C)C4CC5C(C)C(C)C(C)C6CC7C(C)C(C)C(C)C(C)C7C(C4C(C)C1C3C1C(C)C3C(CC4C(C)C(C)C(C)C7CC8C(C)C(C)C(C)C(C)C8C3C74)C(C)C1C2)C65. The Bertz CT molecular complexity index is 2090. The van der Waals surface area contributed by atoms with Gasteiger partial charge in [-0.3, -0.25) is 0 Å². The Kier molecular flexibility index (Phi) is 12.1. The van der Waals surface area contributed by atoms with Crippen molar-refractivity contribution in [1.29, 1.82) is 0 Å². The first-order chi connectivity index (χ1) is 34.0. The molecule has 0 bridgehead atoms. The first kappa shape index (κ1) is 50.7. The highest BCUT2D eigenvalue weighted by atomic mass is 14.8. The van der Waals surface area contributed by atoms with Crippen molar-refractivity contribution in [3.05, 3.63) is 33.4 Å². The van der Waals surface area contributed by atoms with Crippen molar-refractivity contribution < 1.29 is 0 Å². The molecule has 72 heavy (non-hydrogen) atoms. The van der Waals surface area contributed by atoms with Crippen molar-refractivity contribution in [2.24, 2.45) is 225 Å². The zero-order valence-electron chi connectivity index (χ0n) is 50.8. The summed E-state index contributed by atoms with van der Waals surface area (Å²) >= 11 is 0. The highest BCUT2D eigenvalue weighted by molar-refractivity contribution is 5.56. The average Bonchev–Trinajstić information content (AvgIpc) is 3.37. The number of hydrogen-bond donors (Lipinski definition) is 0. The van der Waals surface area contributed by atoms with Crippen LogP contribution in [0, 0.1) is 246 Å². The van der Waals surface area contributed by atoms with Gasteiger partial charge >= 0.3 is 0 Å². The van der Waals surface area contributed by atoms with Gasteiger partial charge in [0.05, 0.1) is 0 Å². The van der Waals surface area contributed by atoms with Gasteiger partial charge in [0.15, 0.2) is 0 Å². The molecule has 13 rings (SSSR count). The summed E-state index contributed by atoms with van der Waals surface area (Å²) in [6.07, 6.45) is 9.05. The van der Waals surface area contributed by atoms with Gasteiger partial charge < -0.3 is 0 Å². The maximum atomic E-state index is 3.02. The molecule has 0 heterocycles. The van der Waals surface area contributed by atoms with Crippen LogP contribution in [-0.4, -0.2) is 0 Å². The summed E-state index contributed by atoms with van der Waals surface area (Å²) in [7, 11) is 0. The van der Waals surface area contributed by atoms with Crippen LogP contribution in [0.3, 0.4) is 0 Å². The van der Waals surface area contributed by atoms with E-state index in [1.807, 2.05) is 16.7 Å². The molecule has 402 valence electrons. The minimum absolute atomic E-state index is 0.764. The van der Waals surface area contributed by atoms with Gasteiger partial charge in [-0.1, -0.05) is 125 Å². The molecule has 0 radical (unpaired) electrons. The fourth-order valence-electron chi connectivity index (χ4n) is 28.2. The Morgan fingerprint density at radius 2 is 0.458 bits per heavy atom. The zero-order chi connectivity index (χ0) is 51.2. The predicted molar refractivity (Wildman–Crippen MR) is 304 cm³/mol. The van der Waals surface area contributed by atoms with Crippen LogP contribution in [0.1, 0.15) is 190 Å². The van der Waals surface area contributed by atoms with Crippen molar-refractivity contribution >= 4 is 0 Å². The van der Waals surface area contributed by atoms with Gasteiger partial charge in [-0.05, 0) is 323 Å². The first-order valence-electron chi connectivity index (χ1n) is 33.1. The van der Waals surface area contributed by atoms with Gasteiger partial charge in [0.2, 0.25) is 0 Å². The maximum absolute atomic E-state index is 3.02. The van der Waals surface area contributed by atoms with Crippen molar-refractivity contribution in [2.45, 2.75) is 190 Å². The third-order valence-corrected chi connectivity index (χ3v) is 33.2. The summed E-state index contributed by atoms with van der Waals surface area (Å²) in [4.78, 5) is 0. The lowest BCUT2D eigenvalue weighted by molar-refractivity contribution is -0.235. The smallest absolute Gasteiger partial charge is 0.00886 e. The van der Waals surface area contributed by atoms with Crippen LogP contribution in [0.2, 0.25) is 0 Å². The van der Waals surface area contributed by atoms with Gasteiger partial charge in [-0.15, -0.1) is 0 Å². The summed E-state index contributed by atoms with van der Waals surface area (Å²) in [5.74, 6) is 34.6. The minimum atomic E-state index is 0.764.